The van der Waals surface area contributed by atoms with Gasteiger partial charge in [0.2, 0.25) is 5.91 Å². The molecule has 6 nitrogen and oxygen atoms in total. The fourth-order valence-electron chi connectivity index (χ4n) is 2.39. The summed E-state index contributed by atoms with van der Waals surface area (Å²) >= 11 is 1.34. The van der Waals surface area contributed by atoms with Crippen LogP contribution >= 0.6 is 11.3 Å². The Morgan fingerprint density at radius 1 is 1.16 bits per heavy atom. The molecule has 3 rings (SSSR count). The zero-order valence-corrected chi connectivity index (χ0v) is 14.5. The molecule has 1 aromatic carbocycles. The summed E-state index contributed by atoms with van der Waals surface area (Å²) in [5.41, 5.74) is 0.968. The largest absolute Gasteiger partial charge is 0.339 e. The summed E-state index contributed by atoms with van der Waals surface area (Å²) in [6, 6.07) is 14.1. The summed E-state index contributed by atoms with van der Waals surface area (Å²) in [5.74, 6) is -0.101. The van der Waals surface area contributed by atoms with E-state index in [2.05, 4.69) is 15.7 Å². The SMILES string of the molecule is Cn1ccc(NC(=O)C(Cc2ccccc2)NC(=O)c2cccs2)n1. The zero-order chi connectivity index (χ0) is 17.6. The predicted molar refractivity (Wildman–Crippen MR) is 97.6 cm³/mol. The normalized spacial score (nSPS) is 11.7. The Labute approximate surface area is 149 Å². The molecule has 7 heteroatoms. The zero-order valence-electron chi connectivity index (χ0n) is 13.7. The van der Waals surface area contributed by atoms with Gasteiger partial charge in [0.25, 0.3) is 5.91 Å². The molecule has 3 aromatic rings. The molecule has 2 amide bonds. The third-order valence-electron chi connectivity index (χ3n) is 3.61. The summed E-state index contributed by atoms with van der Waals surface area (Å²) < 4.78 is 1.60. The van der Waals surface area contributed by atoms with Gasteiger partial charge in [-0.2, -0.15) is 5.10 Å². The van der Waals surface area contributed by atoms with Crippen molar-refractivity contribution < 1.29 is 9.59 Å². The quantitative estimate of drug-likeness (QED) is 0.714. The number of nitrogens with one attached hydrogen (secondary N) is 2. The van der Waals surface area contributed by atoms with Gasteiger partial charge < -0.3 is 10.6 Å². The van der Waals surface area contributed by atoms with E-state index in [1.807, 2.05) is 35.7 Å². The maximum absolute atomic E-state index is 12.7. The summed E-state index contributed by atoms with van der Waals surface area (Å²) in [4.78, 5) is 25.6. The van der Waals surface area contributed by atoms with Crippen molar-refractivity contribution in [2.45, 2.75) is 12.5 Å². The van der Waals surface area contributed by atoms with E-state index in [-0.39, 0.29) is 11.8 Å². The van der Waals surface area contributed by atoms with E-state index in [9.17, 15) is 9.59 Å². The first-order valence-corrected chi connectivity index (χ1v) is 8.68. The number of carbonyl (C=O) groups excluding carboxylic acids is 2. The molecule has 0 spiro atoms. The van der Waals surface area contributed by atoms with Gasteiger partial charge in [0.05, 0.1) is 4.88 Å². The number of anilines is 1. The predicted octanol–water partition coefficient (Wildman–Crippen LogP) is 2.46. The molecule has 0 fully saturated rings. The maximum Gasteiger partial charge on any atom is 0.262 e. The molecule has 25 heavy (non-hydrogen) atoms. The Balaban J connectivity index is 1.75. The van der Waals surface area contributed by atoms with E-state index in [0.29, 0.717) is 17.1 Å². The van der Waals surface area contributed by atoms with Crippen molar-refractivity contribution >= 4 is 29.0 Å². The highest BCUT2D eigenvalue weighted by atomic mass is 32.1. The standard InChI is InChI=1S/C18H18N4O2S/c1-22-10-9-16(21-22)20-17(23)14(12-13-6-3-2-4-7-13)19-18(24)15-8-5-11-25-15/h2-11,14H,12H2,1H3,(H,19,24)(H,20,21,23). The summed E-state index contributed by atoms with van der Waals surface area (Å²) in [6.07, 6.45) is 2.14. The van der Waals surface area contributed by atoms with Crippen molar-refractivity contribution in [3.05, 3.63) is 70.5 Å². The van der Waals surface area contributed by atoms with Crippen LogP contribution in [0.5, 0.6) is 0 Å². The Hall–Kier alpha value is -2.93. The van der Waals surface area contributed by atoms with Crippen molar-refractivity contribution in [3.63, 3.8) is 0 Å². The number of rotatable bonds is 6. The lowest BCUT2D eigenvalue weighted by Gasteiger charge is -2.17. The van der Waals surface area contributed by atoms with E-state index in [0.717, 1.165) is 5.56 Å². The van der Waals surface area contributed by atoms with Gasteiger partial charge >= 0.3 is 0 Å². The highest BCUT2D eigenvalue weighted by Crippen LogP contribution is 2.11. The van der Waals surface area contributed by atoms with Gasteiger partial charge in [0.15, 0.2) is 5.82 Å². The minimum absolute atomic E-state index is 0.257. The van der Waals surface area contributed by atoms with Crippen molar-refractivity contribution in [2.24, 2.45) is 7.05 Å². The molecule has 0 radical (unpaired) electrons. The van der Waals surface area contributed by atoms with Crippen LogP contribution in [0.1, 0.15) is 15.2 Å². The van der Waals surface area contributed by atoms with E-state index in [1.54, 1.807) is 36.1 Å². The van der Waals surface area contributed by atoms with Crippen molar-refractivity contribution in [1.82, 2.24) is 15.1 Å². The number of aryl methyl sites for hydroxylation is 1. The number of carbonyl (C=O) groups is 2. The molecule has 0 aliphatic rings. The molecule has 1 unspecified atom stereocenters. The maximum atomic E-state index is 12.7. The highest BCUT2D eigenvalue weighted by molar-refractivity contribution is 7.12. The van der Waals surface area contributed by atoms with Crippen LogP contribution in [-0.4, -0.2) is 27.6 Å². The van der Waals surface area contributed by atoms with Crippen LogP contribution < -0.4 is 10.6 Å². The molecule has 0 aliphatic heterocycles. The minimum Gasteiger partial charge on any atom is -0.339 e. The van der Waals surface area contributed by atoms with Crippen molar-refractivity contribution in [3.8, 4) is 0 Å². The smallest absolute Gasteiger partial charge is 0.262 e. The van der Waals surface area contributed by atoms with Gasteiger partial charge in [-0.1, -0.05) is 36.4 Å². The molecule has 0 saturated carbocycles. The second-order valence-corrected chi connectivity index (χ2v) is 6.50. The summed E-state index contributed by atoms with van der Waals surface area (Å²) in [7, 11) is 1.77. The number of hydrogen-bond acceptors (Lipinski definition) is 4. The molecule has 0 saturated heterocycles. The van der Waals surface area contributed by atoms with Gasteiger partial charge in [0, 0.05) is 25.7 Å². The third-order valence-corrected chi connectivity index (χ3v) is 4.48. The van der Waals surface area contributed by atoms with Crippen LogP contribution in [0.2, 0.25) is 0 Å². The average Bonchev–Trinajstić information content (AvgIpc) is 3.27. The van der Waals surface area contributed by atoms with Crippen LogP contribution in [0.25, 0.3) is 0 Å². The molecule has 2 N–H and O–H groups in total. The van der Waals surface area contributed by atoms with Gasteiger partial charge in [-0.05, 0) is 17.0 Å². The molecular formula is C18H18N4O2S. The topological polar surface area (TPSA) is 76.0 Å². The van der Waals surface area contributed by atoms with Gasteiger partial charge in [-0.25, -0.2) is 0 Å². The first kappa shape index (κ1) is 16.9. The summed E-state index contributed by atoms with van der Waals surface area (Å²) in [5, 5.41) is 11.5. The lowest BCUT2D eigenvalue weighted by molar-refractivity contribution is -0.118. The molecular weight excluding hydrogens is 336 g/mol. The molecule has 1 atom stereocenters. The number of nitrogens with zero attached hydrogens (tertiary/aromatic N) is 2. The number of aromatic nitrogens is 2. The Morgan fingerprint density at radius 3 is 2.60 bits per heavy atom. The Morgan fingerprint density at radius 2 is 1.96 bits per heavy atom. The second kappa shape index (κ2) is 7.76. The monoisotopic (exact) mass is 354 g/mol. The Kier molecular flexibility index (Phi) is 5.25. The molecule has 0 aliphatic carbocycles. The number of hydrogen-bond donors (Lipinski definition) is 2. The number of amides is 2. The van der Waals surface area contributed by atoms with E-state index in [1.165, 1.54) is 11.3 Å². The van der Waals surface area contributed by atoms with Crippen LogP contribution in [0.15, 0.2) is 60.1 Å². The van der Waals surface area contributed by atoms with E-state index in [4.69, 9.17) is 0 Å². The van der Waals surface area contributed by atoms with Crippen LogP contribution in [-0.2, 0) is 18.3 Å². The van der Waals surface area contributed by atoms with Gasteiger partial charge in [-0.3, -0.25) is 14.3 Å². The lowest BCUT2D eigenvalue weighted by atomic mass is 10.1. The fraction of sp³-hybridized carbons (Fsp3) is 0.167. The Bertz CT molecular complexity index is 843. The van der Waals surface area contributed by atoms with Crippen molar-refractivity contribution in [2.75, 3.05) is 5.32 Å². The van der Waals surface area contributed by atoms with E-state index >= 15 is 0 Å². The third kappa shape index (κ3) is 4.54. The first-order valence-electron chi connectivity index (χ1n) is 7.80. The number of benzene rings is 1. The van der Waals surface area contributed by atoms with Crippen LogP contribution in [0, 0.1) is 0 Å². The highest BCUT2D eigenvalue weighted by Gasteiger charge is 2.23. The molecule has 128 valence electrons. The van der Waals surface area contributed by atoms with Gasteiger partial charge in [0.1, 0.15) is 6.04 Å². The number of thiophene rings is 1. The summed E-state index contributed by atoms with van der Waals surface area (Å²) in [6.45, 7) is 0. The average molecular weight is 354 g/mol. The van der Waals surface area contributed by atoms with Crippen LogP contribution in [0.4, 0.5) is 5.82 Å². The van der Waals surface area contributed by atoms with Gasteiger partial charge in [-0.15, -0.1) is 11.3 Å². The fourth-order valence-corrected chi connectivity index (χ4v) is 3.02. The minimum atomic E-state index is -0.695. The van der Waals surface area contributed by atoms with Crippen LogP contribution in [0.3, 0.4) is 0 Å². The first-order chi connectivity index (χ1) is 12.1. The van der Waals surface area contributed by atoms with E-state index < -0.39 is 6.04 Å². The van der Waals surface area contributed by atoms with Crippen molar-refractivity contribution in [1.29, 1.82) is 0 Å². The second-order valence-electron chi connectivity index (χ2n) is 5.56. The molecule has 0 bridgehead atoms. The molecule has 2 aromatic heterocycles. The lowest BCUT2D eigenvalue weighted by Crippen LogP contribution is -2.45. The molecule has 2 heterocycles.